The normalized spacial score (nSPS) is 14.0. The zero-order valence-electron chi connectivity index (χ0n) is 18.1. The third kappa shape index (κ3) is 3.89. The van der Waals surface area contributed by atoms with Crippen molar-refractivity contribution in [3.8, 4) is 5.82 Å². The minimum Gasteiger partial charge on any atom is -0.372 e. The lowest BCUT2D eigenvalue weighted by Gasteiger charge is -2.28. The van der Waals surface area contributed by atoms with Crippen LogP contribution in [0.25, 0.3) is 16.7 Å². The molecule has 0 unspecified atom stereocenters. The lowest BCUT2D eigenvalue weighted by molar-refractivity contribution is 0.100. The van der Waals surface area contributed by atoms with E-state index in [1.807, 2.05) is 41.8 Å². The van der Waals surface area contributed by atoms with Gasteiger partial charge in [-0.3, -0.25) is 4.79 Å². The second kappa shape index (κ2) is 8.34. The summed E-state index contributed by atoms with van der Waals surface area (Å²) in [7, 11) is 0. The molecule has 5 rings (SSSR count). The minimum absolute atomic E-state index is 0.460. The maximum atomic E-state index is 11.9. The van der Waals surface area contributed by atoms with Crippen LogP contribution in [0.5, 0.6) is 0 Å². The number of nitrogens with one attached hydrogen (secondary N) is 1. The van der Waals surface area contributed by atoms with Crippen molar-refractivity contribution in [2.45, 2.75) is 26.2 Å². The van der Waals surface area contributed by atoms with E-state index >= 15 is 0 Å². The van der Waals surface area contributed by atoms with E-state index < -0.39 is 5.91 Å². The van der Waals surface area contributed by atoms with Gasteiger partial charge in [0.25, 0.3) is 5.91 Å². The molecule has 0 atom stereocenters. The Balaban J connectivity index is 1.45. The van der Waals surface area contributed by atoms with Gasteiger partial charge in [-0.25, -0.2) is 4.98 Å². The molecule has 162 valence electrons. The number of rotatable bonds is 5. The molecular weight excluding hydrogens is 400 g/mol. The highest BCUT2D eigenvalue weighted by molar-refractivity contribution is 6.06. The van der Waals surface area contributed by atoms with Crippen molar-refractivity contribution in [3.63, 3.8) is 0 Å². The zero-order chi connectivity index (χ0) is 22.1. The molecule has 2 aromatic heterocycles. The minimum atomic E-state index is -0.460. The van der Waals surface area contributed by atoms with Crippen LogP contribution < -0.4 is 16.0 Å². The average Bonchev–Trinajstić information content (AvgIpc) is 3.20. The van der Waals surface area contributed by atoms with Crippen LogP contribution in [0, 0.1) is 6.92 Å². The third-order valence-electron chi connectivity index (χ3n) is 5.91. The van der Waals surface area contributed by atoms with E-state index in [4.69, 9.17) is 10.7 Å². The topological polar surface area (TPSA) is 89.1 Å². The van der Waals surface area contributed by atoms with Crippen LogP contribution in [0.2, 0.25) is 0 Å². The Hall–Kier alpha value is -3.87. The molecule has 4 aromatic rings. The molecule has 1 aliphatic heterocycles. The molecule has 0 spiro atoms. The van der Waals surface area contributed by atoms with Crippen LogP contribution in [-0.2, 0) is 0 Å². The number of aromatic nitrogens is 3. The van der Waals surface area contributed by atoms with Crippen LogP contribution in [0.3, 0.4) is 0 Å². The van der Waals surface area contributed by atoms with Crippen LogP contribution in [-0.4, -0.2) is 33.5 Å². The number of piperidine rings is 1. The fourth-order valence-corrected chi connectivity index (χ4v) is 4.33. The summed E-state index contributed by atoms with van der Waals surface area (Å²) in [5, 5.41) is 4.12. The van der Waals surface area contributed by atoms with Crippen LogP contribution >= 0.6 is 0 Å². The fourth-order valence-electron chi connectivity index (χ4n) is 4.33. The highest BCUT2D eigenvalue weighted by atomic mass is 16.1. The van der Waals surface area contributed by atoms with Crippen molar-refractivity contribution >= 4 is 34.1 Å². The number of nitrogens with zero attached hydrogens (tertiary/aromatic N) is 4. The van der Waals surface area contributed by atoms with Crippen LogP contribution in [0.15, 0.2) is 60.8 Å². The van der Waals surface area contributed by atoms with E-state index in [2.05, 4.69) is 39.5 Å². The Morgan fingerprint density at radius 3 is 2.50 bits per heavy atom. The molecule has 0 radical (unpaired) electrons. The summed E-state index contributed by atoms with van der Waals surface area (Å²) < 4.78 is 1.88. The van der Waals surface area contributed by atoms with Gasteiger partial charge in [0.2, 0.25) is 5.95 Å². The molecule has 0 bridgehead atoms. The lowest BCUT2D eigenvalue weighted by atomic mass is 10.1. The van der Waals surface area contributed by atoms with Gasteiger partial charge in [0.05, 0.1) is 11.1 Å². The number of amides is 1. The van der Waals surface area contributed by atoms with E-state index in [-0.39, 0.29) is 0 Å². The van der Waals surface area contributed by atoms with E-state index in [0.717, 1.165) is 35.4 Å². The largest absolute Gasteiger partial charge is 0.372 e. The van der Waals surface area contributed by atoms with Gasteiger partial charge >= 0.3 is 0 Å². The van der Waals surface area contributed by atoms with Gasteiger partial charge in [-0.15, -0.1) is 0 Å². The first-order valence-corrected chi connectivity index (χ1v) is 11.0. The standard InChI is InChI=1S/C25H26N6O/c1-17-15-23(31-16-21(24(26)32)20-7-3-4-8-22(20)31)29-25(27-17)28-18-9-11-19(12-10-18)30-13-5-2-6-14-30/h3-4,7-12,15-16H,2,5-6,13-14H2,1H3,(H2,26,32)(H,27,28,29). The number of carbonyl (C=O) groups excluding carboxylic acids is 1. The summed E-state index contributed by atoms with van der Waals surface area (Å²) in [5.74, 6) is 0.718. The number of para-hydroxylation sites is 1. The van der Waals surface area contributed by atoms with E-state index in [9.17, 15) is 4.79 Å². The summed E-state index contributed by atoms with van der Waals surface area (Å²) in [6, 6.07) is 18.0. The molecular formula is C25H26N6O. The predicted octanol–water partition coefficient (Wildman–Crippen LogP) is 4.56. The van der Waals surface area contributed by atoms with Crippen LogP contribution in [0.4, 0.5) is 17.3 Å². The number of fused-ring (bicyclic) bond motifs is 1. The Bertz CT molecular complexity index is 1270. The number of anilines is 3. The SMILES string of the molecule is Cc1cc(-n2cc(C(N)=O)c3ccccc32)nc(Nc2ccc(N3CCCCC3)cc2)n1. The third-order valence-corrected chi connectivity index (χ3v) is 5.91. The van der Waals surface area contributed by atoms with Gasteiger partial charge in [-0.2, -0.15) is 4.98 Å². The maximum absolute atomic E-state index is 11.9. The van der Waals surface area contributed by atoms with Gasteiger partial charge in [0.1, 0.15) is 5.82 Å². The molecule has 3 heterocycles. The highest BCUT2D eigenvalue weighted by Crippen LogP contribution is 2.26. The molecule has 7 nitrogen and oxygen atoms in total. The second-order valence-corrected chi connectivity index (χ2v) is 8.20. The molecule has 1 amide bonds. The Morgan fingerprint density at radius 2 is 1.75 bits per heavy atom. The van der Waals surface area contributed by atoms with Gasteiger partial charge < -0.3 is 20.5 Å². The van der Waals surface area contributed by atoms with Crippen molar-refractivity contribution in [2.75, 3.05) is 23.3 Å². The lowest BCUT2D eigenvalue weighted by Crippen LogP contribution is -2.29. The average molecular weight is 427 g/mol. The Morgan fingerprint density at radius 1 is 1.00 bits per heavy atom. The maximum Gasteiger partial charge on any atom is 0.250 e. The fraction of sp³-hybridized carbons (Fsp3) is 0.240. The van der Waals surface area contributed by atoms with Crippen molar-refractivity contribution < 1.29 is 4.79 Å². The number of primary amides is 1. The van der Waals surface area contributed by atoms with E-state index in [1.54, 1.807) is 6.20 Å². The van der Waals surface area contributed by atoms with Gasteiger partial charge in [0, 0.05) is 47.8 Å². The Labute approximate surface area is 186 Å². The number of hydrogen-bond acceptors (Lipinski definition) is 5. The summed E-state index contributed by atoms with van der Waals surface area (Å²) in [6.07, 6.45) is 5.57. The van der Waals surface area contributed by atoms with Gasteiger partial charge in [-0.1, -0.05) is 18.2 Å². The van der Waals surface area contributed by atoms with Crippen molar-refractivity contribution in [1.82, 2.24) is 14.5 Å². The van der Waals surface area contributed by atoms with E-state index in [1.165, 1.54) is 24.9 Å². The predicted molar refractivity (Wildman–Crippen MR) is 128 cm³/mol. The molecule has 1 aliphatic rings. The van der Waals surface area contributed by atoms with Crippen molar-refractivity contribution in [3.05, 3.63) is 72.1 Å². The van der Waals surface area contributed by atoms with Crippen LogP contribution in [0.1, 0.15) is 35.3 Å². The highest BCUT2D eigenvalue weighted by Gasteiger charge is 2.15. The summed E-state index contributed by atoms with van der Waals surface area (Å²) in [6.45, 7) is 4.17. The number of hydrogen-bond donors (Lipinski definition) is 2. The molecule has 7 heteroatoms. The first-order valence-electron chi connectivity index (χ1n) is 11.0. The second-order valence-electron chi connectivity index (χ2n) is 8.20. The monoisotopic (exact) mass is 426 g/mol. The molecule has 0 saturated carbocycles. The molecule has 2 aromatic carbocycles. The first-order chi connectivity index (χ1) is 15.6. The van der Waals surface area contributed by atoms with E-state index in [0.29, 0.717) is 17.3 Å². The molecule has 0 aliphatic carbocycles. The molecule has 1 fully saturated rings. The van der Waals surface area contributed by atoms with Crippen molar-refractivity contribution in [1.29, 1.82) is 0 Å². The summed E-state index contributed by atoms with van der Waals surface area (Å²) in [5.41, 5.74) is 9.94. The number of benzene rings is 2. The number of carbonyl (C=O) groups is 1. The zero-order valence-corrected chi connectivity index (χ0v) is 18.1. The number of nitrogens with two attached hydrogens (primary N) is 1. The smallest absolute Gasteiger partial charge is 0.250 e. The summed E-state index contributed by atoms with van der Waals surface area (Å²) >= 11 is 0. The Kier molecular flexibility index (Phi) is 5.23. The van der Waals surface area contributed by atoms with Crippen molar-refractivity contribution in [2.24, 2.45) is 5.73 Å². The first kappa shape index (κ1) is 20.1. The molecule has 32 heavy (non-hydrogen) atoms. The van der Waals surface area contributed by atoms with Gasteiger partial charge in [0.15, 0.2) is 0 Å². The quantitative estimate of drug-likeness (QED) is 0.488. The number of aryl methyl sites for hydroxylation is 1. The van der Waals surface area contributed by atoms with Gasteiger partial charge in [-0.05, 0) is 56.5 Å². The summed E-state index contributed by atoms with van der Waals surface area (Å²) in [4.78, 5) is 23.6. The molecule has 3 N–H and O–H groups in total. The molecule has 1 saturated heterocycles.